The van der Waals surface area contributed by atoms with Gasteiger partial charge >= 0.3 is 0 Å². The van der Waals surface area contributed by atoms with Gasteiger partial charge in [-0.2, -0.15) is 0 Å². The zero-order valence-corrected chi connectivity index (χ0v) is 19.4. The van der Waals surface area contributed by atoms with E-state index in [1.165, 1.54) is 4.31 Å². The molecule has 0 amide bonds. The number of nitrogens with zero attached hydrogens (tertiary/aromatic N) is 1. The van der Waals surface area contributed by atoms with Crippen LogP contribution in [-0.4, -0.2) is 21.6 Å². The quantitative estimate of drug-likeness (QED) is 0.357. The van der Waals surface area contributed by atoms with Gasteiger partial charge in [-0.25, -0.2) is 8.42 Å². The topological polar surface area (TPSA) is 59.8 Å². The first-order valence-electron chi connectivity index (χ1n) is 10.8. The zero-order chi connectivity index (χ0) is 23.2. The number of benzene rings is 3. The van der Waals surface area contributed by atoms with Gasteiger partial charge in [0.1, 0.15) is 17.4 Å². The van der Waals surface area contributed by atoms with Crippen molar-refractivity contribution in [3.63, 3.8) is 0 Å². The third-order valence-electron chi connectivity index (χ3n) is 5.87. The van der Waals surface area contributed by atoms with Crippen molar-refractivity contribution < 1.29 is 17.6 Å². The Morgan fingerprint density at radius 2 is 1.64 bits per heavy atom. The molecule has 0 fully saturated rings. The van der Waals surface area contributed by atoms with E-state index in [4.69, 9.17) is 9.15 Å². The standard InChI is InChI=1S/C27H25NO4S/c1-18-9-12-22(13-10-18)33(29,30)28-16-20(3)17-31-26(21-7-5-4-6-8-21)27-25(28)23-14-11-19(2)15-24(23)32-27/h4-15,26H,3,16-17H2,1-2H3. The van der Waals surface area contributed by atoms with Gasteiger partial charge in [-0.05, 0) is 54.8 Å². The van der Waals surface area contributed by atoms with Crippen molar-refractivity contribution in [2.45, 2.75) is 24.8 Å². The maximum absolute atomic E-state index is 13.9. The fourth-order valence-electron chi connectivity index (χ4n) is 4.17. The summed E-state index contributed by atoms with van der Waals surface area (Å²) in [6.45, 7) is 8.34. The summed E-state index contributed by atoms with van der Waals surface area (Å²) in [5.74, 6) is 0.477. The van der Waals surface area contributed by atoms with E-state index < -0.39 is 16.1 Å². The van der Waals surface area contributed by atoms with Gasteiger partial charge < -0.3 is 9.15 Å². The van der Waals surface area contributed by atoms with E-state index in [-0.39, 0.29) is 18.0 Å². The van der Waals surface area contributed by atoms with Crippen molar-refractivity contribution in [1.29, 1.82) is 0 Å². The summed E-state index contributed by atoms with van der Waals surface area (Å²) in [4.78, 5) is 0.228. The predicted octanol–water partition coefficient (Wildman–Crippen LogP) is 5.92. The molecule has 1 aliphatic heterocycles. The van der Waals surface area contributed by atoms with Crippen LogP contribution in [-0.2, 0) is 14.8 Å². The highest BCUT2D eigenvalue weighted by Crippen LogP contribution is 2.44. The first-order valence-corrected chi connectivity index (χ1v) is 12.2. The fraction of sp³-hybridized carbons (Fsp3) is 0.185. The maximum Gasteiger partial charge on any atom is 0.264 e. The van der Waals surface area contributed by atoms with Gasteiger partial charge in [0, 0.05) is 5.39 Å². The van der Waals surface area contributed by atoms with Crippen molar-refractivity contribution in [1.82, 2.24) is 0 Å². The molecule has 6 heteroatoms. The number of furan rings is 1. The second kappa shape index (κ2) is 8.21. The first-order chi connectivity index (χ1) is 15.8. The molecule has 1 aliphatic rings. The molecule has 1 aromatic heterocycles. The lowest BCUT2D eigenvalue weighted by atomic mass is 10.0. The van der Waals surface area contributed by atoms with Gasteiger partial charge in [-0.3, -0.25) is 4.31 Å². The summed E-state index contributed by atoms with van der Waals surface area (Å²) >= 11 is 0. The van der Waals surface area contributed by atoms with Gasteiger partial charge in [-0.15, -0.1) is 0 Å². The van der Waals surface area contributed by atoms with E-state index in [1.807, 2.05) is 62.4 Å². The SMILES string of the molecule is C=C1COC(c2ccccc2)c2oc3cc(C)ccc3c2N(S(=O)(=O)c2ccc(C)cc2)C1. The molecule has 1 unspecified atom stereocenters. The minimum atomic E-state index is -3.88. The van der Waals surface area contributed by atoms with Gasteiger partial charge in [-0.1, -0.05) is 60.7 Å². The molecule has 5 rings (SSSR count). The third kappa shape index (κ3) is 3.86. The number of rotatable bonds is 3. The summed E-state index contributed by atoms with van der Waals surface area (Å²) in [6.07, 6.45) is -0.568. The van der Waals surface area contributed by atoms with Gasteiger partial charge in [0.05, 0.1) is 18.0 Å². The Balaban J connectivity index is 1.79. The number of ether oxygens (including phenoxy) is 1. The van der Waals surface area contributed by atoms with Crippen molar-refractivity contribution in [3.8, 4) is 0 Å². The second-order valence-corrected chi connectivity index (χ2v) is 10.4. The van der Waals surface area contributed by atoms with E-state index in [9.17, 15) is 8.42 Å². The number of aryl methyl sites for hydroxylation is 2. The summed E-state index contributed by atoms with van der Waals surface area (Å²) in [5.41, 5.74) is 4.70. The maximum atomic E-state index is 13.9. The highest BCUT2D eigenvalue weighted by atomic mass is 32.2. The van der Waals surface area contributed by atoms with Gasteiger partial charge in [0.25, 0.3) is 10.0 Å². The van der Waals surface area contributed by atoms with Crippen LogP contribution in [0.4, 0.5) is 5.69 Å². The number of fused-ring (bicyclic) bond motifs is 3. The lowest BCUT2D eigenvalue weighted by Gasteiger charge is -2.30. The van der Waals surface area contributed by atoms with Crippen molar-refractivity contribution in [2.75, 3.05) is 17.5 Å². The number of sulfonamides is 1. The van der Waals surface area contributed by atoms with Crippen molar-refractivity contribution >= 4 is 26.7 Å². The van der Waals surface area contributed by atoms with E-state index in [1.54, 1.807) is 24.3 Å². The minimum absolute atomic E-state index is 0.104. The Labute approximate surface area is 194 Å². The van der Waals surface area contributed by atoms with Gasteiger partial charge in [0.15, 0.2) is 5.76 Å². The molecule has 4 aromatic rings. The molecule has 0 radical (unpaired) electrons. The molecule has 0 spiro atoms. The molecule has 0 saturated heterocycles. The Hall–Kier alpha value is -3.35. The molecule has 0 bridgehead atoms. The van der Waals surface area contributed by atoms with E-state index in [2.05, 4.69) is 6.58 Å². The largest absolute Gasteiger partial charge is 0.456 e. The smallest absolute Gasteiger partial charge is 0.264 e. The predicted molar refractivity (Wildman–Crippen MR) is 130 cm³/mol. The second-order valence-electron chi connectivity index (χ2n) is 8.49. The van der Waals surface area contributed by atoms with Crippen LogP contribution < -0.4 is 4.31 Å². The van der Waals surface area contributed by atoms with Crippen LogP contribution in [0.2, 0.25) is 0 Å². The van der Waals surface area contributed by atoms with E-state index in [0.717, 1.165) is 22.1 Å². The van der Waals surface area contributed by atoms with Crippen LogP contribution in [0.5, 0.6) is 0 Å². The van der Waals surface area contributed by atoms with Crippen molar-refractivity contribution in [2.24, 2.45) is 0 Å². The van der Waals surface area contributed by atoms with Crippen LogP contribution in [0.3, 0.4) is 0 Å². The minimum Gasteiger partial charge on any atom is -0.456 e. The Morgan fingerprint density at radius 3 is 2.36 bits per heavy atom. The first kappa shape index (κ1) is 21.5. The Kier molecular flexibility index (Phi) is 5.35. The van der Waals surface area contributed by atoms with E-state index >= 15 is 0 Å². The molecule has 5 nitrogen and oxygen atoms in total. The molecule has 168 valence electrons. The summed E-state index contributed by atoms with van der Waals surface area (Å²) in [5, 5.41) is 0.727. The molecule has 33 heavy (non-hydrogen) atoms. The van der Waals surface area contributed by atoms with Crippen LogP contribution >= 0.6 is 0 Å². The highest BCUT2D eigenvalue weighted by Gasteiger charge is 2.36. The molecule has 3 aromatic carbocycles. The molecule has 0 saturated carbocycles. The normalized spacial score (nSPS) is 17.0. The lowest BCUT2D eigenvalue weighted by molar-refractivity contribution is 0.0821. The third-order valence-corrected chi connectivity index (χ3v) is 7.63. The molecular formula is C27H25NO4S. The molecule has 0 aliphatic carbocycles. The Bertz CT molecular complexity index is 1440. The molecular weight excluding hydrogens is 434 g/mol. The average Bonchev–Trinajstić information content (AvgIpc) is 3.14. The zero-order valence-electron chi connectivity index (χ0n) is 18.6. The molecule has 1 atom stereocenters. The Morgan fingerprint density at radius 1 is 0.939 bits per heavy atom. The summed E-state index contributed by atoms with van der Waals surface area (Å²) in [6, 6.07) is 22.4. The fourth-order valence-corrected chi connectivity index (χ4v) is 5.68. The summed E-state index contributed by atoms with van der Waals surface area (Å²) in [7, 11) is -3.88. The number of hydrogen-bond acceptors (Lipinski definition) is 4. The van der Waals surface area contributed by atoms with Crippen LogP contribution in [0.15, 0.2) is 94.3 Å². The highest BCUT2D eigenvalue weighted by molar-refractivity contribution is 7.92. The lowest BCUT2D eigenvalue weighted by Crippen LogP contribution is -2.35. The molecule has 0 N–H and O–H groups in total. The van der Waals surface area contributed by atoms with Crippen LogP contribution in [0.25, 0.3) is 11.0 Å². The van der Waals surface area contributed by atoms with Gasteiger partial charge in [0.2, 0.25) is 0 Å². The van der Waals surface area contributed by atoms with E-state index in [0.29, 0.717) is 22.6 Å². The van der Waals surface area contributed by atoms with Crippen LogP contribution in [0.1, 0.15) is 28.6 Å². The average molecular weight is 460 g/mol. The van der Waals surface area contributed by atoms with Crippen molar-refractivity contribution in [3.05, 3.63) is 107 Å². The number of hydrogen-bond donors (Lipinski definition) is 0. The van der Waals surface area contributed by atoms with Crippen LogP contribution in [0, 0.1) is 13.8 Å². The molecule has 2 heterocycles. The summed E-state index contributed by atoms with van der Waals surface area (Å²) < 4.78 is 41.8. The monoisotopic (exact) mass is 459 g/mol. The number of anilines is 1.